The van der Waals surface area contributed by atoms with E-state index in [1.807, 2.05) is 26.0 Å². The molecule has 1 aliphatic carbocycles. The molecule has 6 heteroatoms. The molecule has 0 unspecified atom stereocenters. The monoisotopic (exact) mass is 441 g/mol. The van der Waals surface area contributed by atoms with Crippen molar-refractivity contribution < 1.29 is 24.3 Å². The first-order valence-electron chi connectivity index (χ1n) is 10.9. The molecular formula is C26H32FNO4. The van der Waals surface area contributed by atoms with E-state index in [1.165, 1.54) is 12.1 Å². The number of benzene rings is 2. The maximum absolute atomic E-state index is 13.2. The first-order valence-corrected chi connectivity index (χ1v) is 10.9. The van der Waals surface area contributed by atoms with Gasteiger partial charge in [0.25, 0.3) is 0 Å². The second-order valence-corrected chi connectivity index (χ2v) is 10.2. The summed E-state index contributed by atoms with van der Waals surface area (Å²) in [5.74, 6) is -1.11. The van der Waals surface area contributed by atoms with Crippen LogP contribution in [0.3, 0.4) is 0 Å². The highest BCUT2D eigenvalue weighted by molar-refractivity contribution is 6.10. The number of Topliss-reactive ketones (excluding diaryl/α,β-unsaturated/α-hetero) is 2. The van der Waals surface area contributed by atoms with Crippen LogP contribution in [0, 0.1) is 25.1 Å². The Kier molecular flexibility index (Phi) is 6.70. The highest BCUT2D eigenvalue weighted by atomic mass is 19.1. The molecular weight excluding hydrogens is 409 g/mol. The lowest BCUT2D eigenvalue weighted by atomic mass is 9.63. The van der Waals surface area contributed by atoms with Gasteiger partial charge in [-0.25, -0.2) is 4.39 Å². The van der Waals surface area contributed by atoms with Gasteiger partial charge in [0, 0.05) is 31.3 Å². The normalized spacial score (nSPS) is 18.9. The average Bonchev–Trinajstić information content (AvgIpc) is 2.61. The molecule has 172 valence electrons. The zero-order valence-electron chi connectivity index (χ0n) is 19.4. The van der Waals surface area contributed by atoms with Gasteiger partial charge in [-0.1, -0.05) is 24.3 Å². The second-order valence-electron chi connectivity index (χ2n) is 10.2. The third-order valence-corrected chi connectivity index (χ3v) is 5.84. The number of hydroxylamine groups is 2. The minimum Gasteiger partial charge on any atom is -0.391 e. The van der Waals surface area contributed by atoms with Crippen molar-refractivity contribution in [2.24, 2.45) is 5.41 Å². The molecule has 2 aliphatic rings. The quantitative estimate of drug-likeness (QED) is 0.667. The summed E-state index contributed by atoms with van der Waals surface area (Å²) in [6, 6.07) is 10.2. The van der Waals surface area contributed by atoms with E-state index in [9.17, 15) is 19.2 Å². The molecule has 0 atom stereocenters. The molecule has 0 aromatic heterocycles. The van der Waals surface area contributed by atoms with E-state index in [-0.39, 0.29) is 22.8 Å². The number of hydrogen-bond acceptors (Lipinski definition) is 5. The zero-order chi connectivity index (χ0) is 23.8. The van der Waals surface area contributed by atoms with E-state index in [2.05, 4.69) is 0 Å². The van der Waals surface area contributed by atoms with Crippen molar-refractivity contribution in [2.45, 2.75) is 59.0 Å². The molecule has 1 spiro atoms. The third kappa shape index (κ3) is 5.49. The van der Waals surface area contributed by atoms with Gasteiger partial charge in [0.1, 0.15) is 23.3 Å². The summed E-state index contributed by atoms with van der Waals surface area (Å²) in [5.41, 5.74) is 3.55. The number of carbonyl (C=O) groups excluding carboxylic acids is 2. The van der Waals surface area contributed by atoms with Gasteiger partial charge in [0.05, 0.1) is 5.60 Å². The van der Waals surface area contributed by atoms with E-state index in [0.717, 1.165) is 32.9 Å². The molecule has 1 aliphatic heterocycles. The molecule has 2 aromatic rings. The largest absolute Gasteiger partial charge is 0.391 e. The molecule has 0 radical (unpaired) electrons. The predicted molar refractivity (Wildman–Crippen MR) is 121 cm³/mol. The standard InChI is InChI=1S/C22H22FNO3.C4H10O/c1-13-7-16(15-3-5-17(23)6-4-15)8-14(2)20(13)21-18(25)9-22(10-19(21)26)11-24(27)12-22;1-4(2,3)5/h3-8,21,27H,9-12H2,1-2H3;5H,1-3H3. The zero-order valence-corrected chi connectivity index (χ0v) is 19.4. The van der Waals surface area contributed by atoms with Crippen molar-refractivity contribution in [2.75, 3.05) is 13.1 Å². The topological polar surface area (TPSA) is 77.8 Å². The molecule has 1 saturated heterocycles. The van der Waals surface area contributed by atoms with Crippen LogP contribution in [0.2, 0.25) is 0 Å². The van der Waals surface area contributed by atoms with Crippen molar-refractivity contribution >= 4 is 11.6 Å². The Hall–Kier alpha value is -2.41. The van der Waals surface area contributed by atoms with Crippen molar-refractivity contribution in [3.05, 3.63) is 58.9 Å². The molecule has 2 N–H and O–H groups in total. The van der Waals surface area contributed by atoms with Gasteiger partial charge >= 0.3 is 0 Å². The minimum absolute atomic E-state index is 0.0555. The number of rotatable bonds is 2. The van der Waals surface area contributed by atoms with Crippen LogP contribution in [0.4, 0.5) is 4.39 Å². The fourth-order valence-electron chi connectivity index (χ4n) is 4.70. The number of nitrogens with zero attached hydrogens (tertiary/aromatic N) is 1. The van der Waals surface area contributed by atoms with Crippen LogP contribution < -0.4 is 0 Å². The number of hydrogen-bond donors (Lipinski definition) is 2. The van der Waals surface area contributed by atoms with Gasteiger partial charge in [-0.2, -0.15) is 5.06 Å². The van der Waals surface area contributed by atoms with Crippen LogP contribution in [0.25, 0.3) is 11.1 Å². The van der Waals surface area contributed by atoms with Gasteiger partial charge in [-0.3, -0.25) is 9.59 Å². The Morgan fingerprint density at radius 1 is 0.938 bits per heavy atom. The summed E-state index contributed by atoms with van der Waals surface area (Å²) in [5, 5.41) is 19.1. The average molecular weight is 442 g/mol. The number of carbonyl (C=O) groups is 2. The van der Waals surface area contributed by atoms with Crippen LogP contribution >= 0.6 is 0 Å². The van der Waals surface area contributed by atoms with Gasteiger partial charge in [0.15, 0.2) is 0 Å². The lowest BCUT2D eigenvalue weighted by Gasteiger charge is -2.49. The molecule has 4 rings (SSSR count). The Morgan fingerprint density at radius 2 is 1.38 bits per heavy atom. The van der Waals surface area contributed by atoms with Crippen LogP contribution in [0.1, 0.15) is 56.2 Å². The number of ketones is 2. The molecule has 32 heavy (non-hydrogen) atoms. The van der Waals surface area contributed by atoms with Gasteiger partial charge in [-0.15, -0.1) is 0 Å². The van der Waals surface area contributed by atoms with E-state index >= 15 is 0 Å². The maximum atomic E-state index is 13.2. The van der Waals surface area contributed by atoms with Crippen LogP contribution in [-0.4, -0.2) is 45.6 Å². The molecule has 0 amide bonds. The van der Waals surface area contributed by atoms with E-state index in [1.54, 1.807) is 32.9 Å². The Morgan fingerprint density at radius 3 is 1.78 bits per heavy atom. The van der Waals surface area contributed by atoms with Crippen LogP contribution in [0.15, 0.2) is 36.4 Å². The lowest BCUT2D eigenvalue weighted by Crippen LogP contribution is -2.59. The molecule has 2 aromatic carbocycles. The Bertz CT molecular complexity index is 968. The fourth-order valence-corrected chi connectivity index (χ4v) is 4.70. The first-order chi connectivity index (χ1) is 14.8. The van der Waals surface area contributed by atoms with Crippen LogP contribution in [0.5, 0.6) is 0 Å². The molecule has 1 saturated carbocycles. The Labute approximate surface area is 188 Å². The number of aryl methyl sites for hydroxylation is 2. The highest BCUT2D eigenvalue weighted by Gasteiger charge is 2.52. The Balaban J connectivity index is 0.000000523. The molecule has 2 fully saturated rings. The summed E-state index contributed by atoms with van der Waals surface area (Å²) in [6.07, 6.45) is 0.665. The third-order valence-electron chi connectivity index (χ3n) is 5.84. The molecule has 1 heterocycles. The van der Waals surface area contributed by atoms with E-state index < -0.39 is 11.5 Å². The summed E-state index contributed by atoms with van der Waals surface area (Å²) >= 11 is 0. The summed E-state index contributed by atoms with van der Waals surface area (Å²) in [4.78, 5) is 25.7. The smallest absolute Gasteiger partial charge is 0.148 e. The van der Waals surface area contributed by atoms with Crippen molar-refractivity contribution in [1.82, 2.24) is 5.06 Å². The highest BCUT2D eigenvalue weighted by Crippen LogP contribution is 2.45. The molecule has 5 nitrogen and oxygen atoms in total. The molecule has 0 bridgehead atoms. The van der Waals surface area contributed by atoms with Gasteiger partial charge in [0.2, 0.25) is 0 Å². The number of aliphatic hydroxyl groups is 1. The summed E-state index contributed by atoms with van der Waals surface area (Å²) in [7, 11) is 0. The van der Waals surface area contributed by atoms with Crippen LogP contribution in [-0.2, 0) is 9.59 Å². The maximum Gasteiger partial charge on any atom is 0.148 e. The first kappa shape index (κ1) is 24.2. The predicted octanol–water partition coefficient (Wildman–Crippen LogP) is 4.59. The minimum atomic E-state index is -0.717. The summed E-state index contributed by atoms with van der Waals surface area (Å²) in [6.45, 7) is 9.84. The lowest BCUT2D eigenvalue weighted by molar-refractivity contribution is -0.214. The van der Waals surface area contributed by atoms with Gasteiger partial charge in [-0.05, 0) is 74.6 Å². The van der Waals surface area contributed by atoms with E-state index in [4.69, 9.17) is 5.11 Å². The second kappa shape index (κ2) is 8.85. The van der Waals surface area contributed by atoms with Crippen molar-refractivity contribution in [3.63, 3.8) is 0 Å². The van der Waals surface area contributed by atoms with Crippen molar-refractivity contribution in [1.29, 1.82) is 0 Å². The summed E-state index contributed by atoms with van der Waals surface area (Å²) < 4.78 is 13.2. The number of halogens is 1. The van der Waals surface area contributed by atoms with Gasteiger partial charge < -0.3 is 10.3 Å². The van der Waals surface area contributed by atoms with Crippen molar-refractivity contribution in [3.8, 4) is 11.1 Å². The van der Waals surface area contributed by atoms with E-state index in [0.29, 0.717) is 25.9 Å². The fraction of sp³-hybridized carbons (Fsp3) is 0.462. The SMILES string of the molecule is CC(C)(C)O.Cc1cc(-c2ccc(F)cc2)cc(C)c1C1C(=O)CC2(CC1=O)CN(O)C2.